The van der Waals surface area contributed by atoms with Gasteiger partial charge in [-0.1, -0.05) is 6.08 Å². The molecular weight excluding hydrogens is 579 g/mol. The Morgan fingerprint density at radius 1 is 1.16 bits per heavy atom. The van der Waals surface area contributed by atoms with Gasteiger partial charge in [0.1, 0.15) is 41.6 Å². The number of ether oxygens (including phenoxy) is 2. The van der Waals surface area contributed by atoms with Crippen LogP contribution in [-0.2, 0) is 4.79 Å². The van der Waals surface area contributed by atoms with Gasteiger partial charge >= 0.3 is 0 Å². The van der Waals surface area contributed by atoms with Crippen LogP contribution >= 0.6 is 0 Å². The summed E-state index contributed by atoms with van der Waals surface area (Å²) < 4.78 is 29.0. The molecule has 14 heteroatoms. The van der Waals surface area contributed by atoms with Gasteiger partial charge in [0.2, 0.25) is 5.91 Å². The molecule has 1 fully saturated rings. The second kappa shape index (κ2) is 12.0. The zero-order valence-electron chi connectivity index (χ0n) is 24.7. The van der Waals surface area contributed by atoms with Gasteiger partial charge in [0.15, 0.2) is 23.0 Å². The molecule has 1 saturated carbocycles. The Balaban J connectivity index is 1.10. The molecule has 5 aromatic rings. The molecule has 2 aliphatic rings. The van der Waals surface area contributed by atoms with Crippen LogP contribution in [0.1, 0.15) is 6.42 Å². The number of anilines is 3. The summed E-state index contributed by atoms with van der Waals surface area (Å²) in [7, 11) is 3.89. The molecule has 2 unspecified atom stereocenters. The molecule has 1 amide bonds. The molecule has 2 N–H and O–H groups in total. The van der Waals surface area contributed by atoms with E-state index in [0.29, 0.717) is 71.1 Å². The number of aromatic nitrogens is 6. The molecule has 2 atom stereocenters. The Morgan fingerprint density at radius 3 is 2.91 bits per heavy atom. The summed E-state index contributed by atoms with van der Waals surface area (Å²) >= 11 is 0. The average Bonchev–Trinajstić information content (AvgIpc) is 3.60. The Bertz CT molecular complexity index is 1910. The molecule has 0 spiro atoms. The number of amides is 1. The lowest BCUT2D eigenvalue weighted by atomic mass is 10.2. The van der Waals surface area contributed by atoms with Crippen molar-refractivity contribution in [1.29, 1.82) is 0 Å². The second-order valence-corrected chi connectivity index (χ2v) is 11.2. The van der Waals surface area contributed by atoms with Crippen LogP contribution in [0.3, 0.4) is 0 Å². The zero-order chi connectivity index (χ0) is 30.9. The molecule has 13 nitrogen and oxygen atoms in total. The van der Waals surface area contributed by atoms with E-state index in [1.54, 1.807) is 41.1 Å². The molecule has 0 radical (unpaired) electrons. The molecule has 1 aliphatic carbocycles. The van der Waals surface area contributed by atoms with Gasteiger partial charge in [-0.05, 0) is 38.7 Å². The maximum Gasteiger partial charge on any atom is 0.243 e. The first-order valence-corrected chi connectivity index (χ1v) is 14.6. The number of hydrogen-bond acceptors (Lipinski definition) is 11. The van der Waals surface area contributed by atoms with Crippen LogP contribution in [0, 0.1) is 11.7 Å². The van der Waals surface area contributed by atoms with Crippen LogP contribution in [0.4, 0.5) is 21.7 Å². The normalized spacial score (nSPS) is 17.2. The summed E-state index contributed by atoms with van der Waals surface area (Å²) in [6.07, 6.45) is 9.04. The largest absolute Gasteiger partial charge is 0.486 e. The first kappa shape index (κ1) is 28.4. The molecule has 1 aliphatic heterocycles. The molecule has 7 rings (SSSR count). The van der Waals surface area contributed by atoms with E-state index in [1.807, 2.05) is 31.1 Å². The van der Waals surface area contributed by atoms with Gasteiger partial charge < -0.3 is 29.9 Å². The Labute approximate surface area is 257 Å². The summed E-state index contributed by atoms with van der Waals surface area (Å²) in [6.45, 7) is 2.41. The van der Waals surface area contributed by atoms with E-state index in [-0.39, 0.29) is 17.7 Å². The summed E-state index contributed by atoms with van der Waals surface area (Å²) in [5.41, 5.74) is 1.85. The van der Waals surface area contributed by atoms with Crippen LogP contribution in [0.2, 0.25) is 0 Å². The first-order valence-electron chi connectivity index (χ1n) is 14.6. The maximum absolute atomic E-state index is 15.3. The minimum Gasteiger partial charge on any atom is -0.486 e. The van der Waals surface area contributed by atoms with Crippen LogP contribution in [0.15, 0.2) is 67.4 Å². The Kier molecular flexibility index (Phi) is 7.55. The van der Waals surface area contributed by atoms with Crippen molar-refractivity contribution in [3.63, 3.8) is 0 Å². The standard InChI is InChI=1S/C31H31FN10O3/c1-40(2)9-3-4-28(43)33-8-11-41-16-19-12-25(19)45-26-15-24-29(39-31(26)41)30(36-17-34-24)38-23-6-5-20(13-22(23)32)44-21-7-10-42-27(14-21)35-18-37-42/h3-7,10,13-15,17-19,25H,8-9,11-12,16H2,1-2H3,(H,33,43)(H,34,36,38)/b4-3+. The Morgan fingerprint density at radius 2 is 2.04 bits per heavy atom. The van der Waals surface area contributed by atoms with Crippen LogP contribution in [-0.4, -0.2) is 86.7 Å². The SMILES string of the molecule is CN(C)C/C=C/C(=O)NCCN1CC2CC2Oc2cc3ncnc(Nc4ccc(Oc5ccn6ncnc6c5)cc4F)c3nc21. The van der Waals surface area contributed by atoms with Crippen LogP contribution in [0.25, 0.3) is 16.7 Å². The smallest absolute Gasteiger partial charge is 0.243 e. The van der Waals surface area contributed by atoms with Crippen molar-refractivity contribution in [2.24, 2.45) is 5.92 Å². The summed E-state index contributed by atoms with van der Waals surface area (Å²) in [5, 5.41) is 10.1. The molecule has 0 saturated heterocycles. The van der Waals surface area contributed by atoms with E-state index in [2.05, 4.69) is 35.6 Å². The minimum atomic E-state index is -0.530. The molecular formula is C31H31FN10O3. The number of fused-ring (bicyclic) bond motifs is 4. The Hall–Kier alpha value is -5.37. The van der Waals surface area contributed by atoms with E-state index in [1.165, 1.54) is 18.7 Å². The predicted octanol–water partition coefficient (Wildman–Crippen LogP) is 3.56. The zero-order valence-corrected chi connectivity index (χ0v) is 24.7. The van der Waals surface area contributed by atoms with Crippen molar-refractivity contribution in [2.45, 2.75) is 12.5 Å². The lowest BCUT2D eigenvalue weighted by Crippen LogP contribution is -2.36. The van der Waals surface area contributed by atoms with Gasteiger partial charge in [-0.3, -0.25) is 4.79 Å². The minimum absolute atomic E-state index is 0.129. The van der Waals surface area contributed by atoms with E-state index in [9.17, 15) is 4.79 Å². The van der Waals surface area contributed by atoms with E-state index in [4.69, 9.17) is 14.5 Å². The van der Waals surface area contributed by atoms with Crippen LogP contribution < -0.4 is 25.0 Å². The van der Waals surface area contributed by atoms with Crippen molar-refractivity contribution in [1.82, 2.24) is 39.8 Å². The summed E-state index contributed by atoms with van der Waals surface area (Å²) in [6, 6.07) is 9.82. The van der Waals surface area contributed by atoms with Crippen molar-refractivity contribution in [2.75, 3.05) is 50.5 Å². The van der Waals surface area contributed by atoms with Gasteiger partial charge in [-0.2, -0.15) is 5.10 Å². The topological polar surface area (TPSA) is 135 Å². The fraction of sp³-hybridized carbons (Fsp3) is 0.290. The van der Waals surface area contributed by atoms with E-state index < -0.39 is 5.82 Å². The summed E-state index contributed by atoms with van der Waals surface area (Å²) in [4.78, 5) is 34.2. The number of pyridine rings is 2. The predicted molar refractivity (Wildman–Crippen MR) is 166 cm³/mol. The van der Waals surface area contributed by atoms with Crippen molar-refractivity contribution < 1.29 is 18.7 Å². The number of nitrogens with zero attached hydrogens (tertiary/aromatic N) is 8. The number of hydrogen-bond donors (Lipinski definition) is 2. The third kappa shape index (κ3) is 6.31. The number of carbonyl (C=O) groups is 1. The highest BCUT2D eigenvalue weighted by molar-refractivity contribution is 5.90. The number of likely N-dealkylation sites (N-methyl/N-ethyl adjacent to an activating group) is 1. The van der Waals surface area contributed by atoms with Gasteiger partial charge in [-0.25, -0.2) is 28.8 Å². The lowest BCUT2D eigenvalue weighted by Gasteiger charge is -2.24. The average molecular weight is 611 g/mol. The van der Waals surface area contributed by atoms with Gasteiger partial charge in [0.05, 0.1) is 11.2 Å². The number of nitrogens with one attached hydrogen (secondary N) is 2. The molecule has 230 valence electrons. The fourth-order valence-electron chi connectivity index (χ4n) is 5.18. The van der Waals surface area contributed by atoms with E-state index >= 15 is 4.39 Å². The third-order valence-corrected chi connectivity index (χ3v) is 7.55. The number of benzene rings is 1. The molecule has 5 heterocycles. The van der Waals surface area contributed by atoms with Crippen molar-refractivity contribution in [3.05, 3.63) is 73.2 Å². The second-order valence-electron chi connectivity index (χ2n) is 11.2. The first-order chi connectivity index (χ1) is 21.9. The molecule has 1 aromatic carbocycles. The molecule has 4 aromatic heterocycles. The quantitative estimate of drug-likeness (QED) is 0.225. The molecule has 45 heavy (non-hydrogen) atoms. The maximum atomic E-state index is 15.3. The highest BCUT2D eigenvalue weighted by atomic mass is 19.1. The number of carbonyl (C=O) groups excluding carboxylic acids is 1. The van der Waals surface area contributed by atoms with Crippen LogP contribution in [0.5, 0.6) is 17.2 Å². The third-order valence-electron chi connectivity index (χ3n) is 7.55. The lowest BCUT2D eigenvalue weighted by molar-refractivity contribution is -0.116. The molecule has 0 bridgehead atoms. The van der Waals surface area contributed by atoms with Crippen molar-refractivity contribution >= 4 is 39.9 Å². The number of halogens is 1. The van der Waals surface area contributed by atoms with E-state index in [0.717, 1.165) is 13.0 Å². The van der Waals surface area contributed by atoms with Gasteiger partial charge in [0.25, 0.3) is 0 Å². The van der Waals surface area contributed by atoms with Crippen molar-refractivity contribution in [3.8, 4) is 17.2 Å². The van der Waals surface area contributed by atoms with Gasteiger partial charge in [-0.15, -0.1) is 0 Å². The highest BCUT2D eigenvalue weighted by Gasteiger charge is 2.44. The fourth-order valence-corrected chi connectivity index (χ4v) is 5.18. The highest BCUT2D eigenvalue weighted by Crippen LogP contribution is 2.44. The number of rotatable bonds is 10. The monoisotopic (exact) mass is 610 g/mol. The van der Waals surface area contributed by atoms with Gasteiger partial charge in [0, 0.05) is 62.6 Å². The summed E-state index contributed by atoms with van der Waals surface area (Å²) in [5.74, 6) is 2.16.